The summed E-state index contributed by atoms with van der Waals surface area (Å²) in [7, 11) is -2.06. The van der Waals surface area contributed by atoms with Gasteiger partial charge in [0.25, 0.3) is 0 Å². The van der Waals surface area contributed by atoms with E-state index in [9.17, 15) is 8.42 Å². The number of sulfonamides is 1. The Morgan fingerprint density at radius 1 is 1.18 bits per heavy atom. The molecule has 0 aliphatic rings. The molecule has 4 nitrogen and oxygen atoms in total. The van der Waals surface area contributed by atoms with Gasteiger partial charge in [0.2, 0.25) is 10.0 Å². The van der Waals surface area contributed by atoms with Crippen LogP contribution in [0.2, 0.25) is 5.02 Å². The first-order valence-electron chi connectivity index (χ1n) is 6.77. The van der Waals surface area contributed by atoms with E-state index < -0.39 is 16.1 Å². The molecule has 0 heterocycles. The highest BCUT2D eigenvalue weighted by atomic mass is 35.5. The average Bonchev–Trinajstić information content (AvgIpc) is 2.49. The van der Waals surface area contributed by atoms with E-state index in [1.165, 1.54) is 7.11 Å². The highest BCUT2D eigenvalue weighted by Gasteiger charge is 2.19. The van der Waals surface area contributed by atoms with Crippen LogP contribution in [0.1, 0.15) is 17.2 Å². The minimum absolute atomic E-state index is 0.108. The second-order valence-electron chi connectivity index (χ2n) is 4.91. The molecule has 2 aromatic carbocycles. The summed E-state index contributed by atoms with van der Waals surface area (Å²) < 4.78 is 32.6. The van der Waals surface area contributed by atoms with Gasteiger partial charge in [-0.05, 0) is 30.7 Å². The second kappa shape index (κ2) is 7.24. The number of methoxy groups -OCH3 is 1. The number of rotatable bonds is 6. The molecule has 0 spiro atoms. The van der Waals surface area contributed by atoms with E-state index in [1.54, 1.807) is 24.3 Å². The smallest absolute Gasteiger partial charge is 0.240 e. The van der Waals surface area contributed by atoms with Crippen LogP contribution >= 0.6 is 11.6 Å². The van der Waals surface area contributed by atoms with Crippen molar-refractivity contribution in [3.8, 4) is 0 Å². The molecule has 1 N–H and O–H groups in total. The molecule has 6 heteroatoms. The molecule has 0 bridgehead atoms. The Labute approximate surface area is 136 Å². The van der Waals surface area contributed by atoms with Crippen molar-refractivity contribution in [3.63, 3.8) is 0 Å². The van der Waals surface area contributed by atoms with Gasteiger partial charge in [0.15, 0.2) is 0 Å². The third-order valence-electron chi connectivity index (χ3n) is 3.30. The van der Waals surface area contributed by atoms with Gasteiger partial charge in [0.05, 0.1) is 11.0 Å². The van der Waals surface area contributed by atoms with Crippen LogP contribution in [0.25, 0.3) is 0 Å². The molecular weight excluding hydrogens is 322 g/mol. The molecule has 2 rings (SSSR count). The Bertz CT molecular complexity index is 747. The van der Waals surface area contributed by atoms with Crippen molar-refractivity contribution < 1.29 is 13.2 Å². The van der Waals surface area contributed by atoms with Crippen LogP contribution in [-0.2, 0) is 14.8 Å². The van der Waals surface area contributed by atoms with Crippen LogP contribution in [-0.4, -0.2) is 22.1 Å². The highest BCUT2D eigenvalue weighted by molar-refractivity contribution is 7.89. The van der Waals surface area contributed by atoms with Gasteiger partial charge in [-0.3, -0.25) is 0 Å². The minimum atomic E-state index is -3.58. The summed E-state index contributed by atoms with van der Waals surface area (Å²) in [6, 6.07) is 14.0. The van der Waals surface area contributed by atoms with Gasteiger partial charge in [-0.1, -0.05) is 41.9 Å². The fraction of sp³-hybridized carbons (Fsp3) is 0.250. The predicted molar refractivity (Wildman–Crippen MR) is 87.6 cm³/mol. The molecule has 0 radical (unpaired) electrons. The summed E-state index contributed by atoms with van der Waals surface area (Å²) in [4.78, 5) is 0.238. The van der Waals surface area contributed by atoms with Crippen LogP contribution < -0.4 is 4.72 Å². The Morgan fingerprint density at radius 2 is 1.91 bits per heavy atom. The summed E-state index contributed by atoms with van der Waals surface area (Å²) in [6.45, 7) is 1.96. The molecule has 0 fully saturated rings. The molecule has 22 heavy (non-hydrogen) atoms. The lowest BCUT2D eigenvalue weighted by atomic mass is 10.1. The zero-order valence-corrected chi connectivity index (χ0v) is 14.0. The molecule has 118 valence electrons. The Morgan fingerprint density at radius 3 is 2.55 bits per heavy atom. The monoisotopic (exact) mass is 339 g/mol. The largest absolute Gasteiger partial charge is 0.375 e. The lowest BCUT2D eigenvalue weighted by molar-refractivity contribution is 0.107. The van der Waals surface area contributed by atoms with Crippen molar-refractivity contribution in [1.82, 2.24) is 4.72 Å². The minimum Gasteiger partial charge on any atom is -0.375 e. The summed E-state index contributed by atoms with van der Waals surface area (Å²) in [6.07, 6.45) is -0.451. The van der Waals surface area contributed by atoms with Crippen molar-refractivity contribution in [2.75, 3.05) is 13.7 Å². The lowest BCUT2D eigenvalue weighted by Gasteiger charge is -2.18. The lowest BCUT2D eigenvalue weighted by Crippen LogP contribution is -2.29. The van der Waals surface area contributed by atoms with Gasteiger partial charge in [0, 0.05) is 24.2 Å². The van der Waals surface area contributed by atoms with E-state index in [1.807, 2.05) is 31.2 Å². The molecule has 1 unspecified atom stereocenters. The van der Waals surface area contributed by atoms with Crippen LogP contribution in [0.5, 0.6) is 0 Å². The van der Waals surface area contributed by atoms with Gasteiger partial charge in [-0.25, -0.2) is 13.1 Å². The molecule has 0 aliphatic heterocycles. The third-order valence-corrected chi connectivity index (χ3v) is 5.06. The van der Waals surface area contributed by atoms with Gasteiger partial charge >= 0.3 is 0 Å². The fourth-order valence-corrected chi connectivity index (χ4v) is 3.50. The topological polar surface area (TPSA) is 55.4 Å². The number of halogens is 1. The van der Waals surface area contributed by atoms with Crippen LogP contribution in [0, 0.1) is 6.92 Å². The fourth-order valence-electron chi connectivity index (χ4n) is 2.11. The third kappa shape index (κ3) is 4.08. The van der Waals surface area contributed by atoms with Crippen molar-refractivity contribution >= 4 is 21.6 Å². The van der Waals surface area contributed by atoms with Crippen molar-refractivity contribution in [2.24, 2.45) is 0 Å². The van der Waals surface area contributed by atoms with E-state index in [-0.39, 0.29) is 11.4 Å². The van der Waals surface area contributed by atoms with Crippen molar-refractivity contribution in [3.05, 3.63) is 64.7 Å². The van der Waals surface area contributed by atoms with Gasteiger partial charge in [0.1, 0.15) is 0 Å². The normalized spacial score (nSPS) is 13.0. The molecule has 0 saturated heterocycles. The molecular formula is C16H18ClNO3S. The van der Waals surface area contributed by atoms with E-state index in [4.69, 9.17) is 16.3 Å². The van der Waals surface area contributed by atoms with Crippen LogP contribution in [0.15, 0.2) is 53.4 Å². The molecule has 0 aliphatic carbocycles. The van der Waals surface area contributed by atoms with E-state index >= 15 is 0 Å². The number of nitrogens with one attached hydrogen (secondary N) is 1. The second-order valence-corrected chi connectivity index (χ2v) is 7.09. The number of aryl methyl sites for hydroxylation is 1. The Hall–Kier alpha value is -1.40. The summed E-state index contributed by atoms with van der Waals surface area (Å²) in [5.74, 6) is 0. The summed E-state index contributed by atoms with van der Waals surface area (Å²) in [5, 5.41) is 0.545. The molecule has 0 aromatic heterocycles. The zero-order chi connectivity index (χ0) is 16.2. The van der Waals surface area contributed by atoms with Crippen LogP contribution in [0.4, 0.5) is 0 Å². The standard InChI is InChI=1S/C16H18ClNO3S/c1-12-6-5-7-13(10-12)22(19,20)18-11-16(21-2)14-8-3-4-9-15(14)17/h3-10,16,18H,11H2,1-2H3. The number of ether oxygens (including phenoxy) is 1. The summed E-state index contributed by atoms with van der Waals surface area (Å²) in [5.41, 5.74) is 1.64. The molecule has 0 saturated carbocycles. The predicted octanol–water partition coefficient (Wildman–Crippen LogP) is 3.31. The number of hydrogen-bond acceptors (Lipinski definition) is 3. The maximum Gasteiger partial charge on any atom is 0.240 e. The first-order chi connectivity index (χ1) is 10.4. The first-order valence-corrected chi connectivity index (χ1v) is 8.63. The Balaban J connectivity index is 2.15. The number of hydrogen-bond donors (Lipinski definition) is 1. The summed E-state index contributed by atoms with van der Waals surface area (Å²) >= 11 is 6.13. The molecule has 2 aromatic rings. The zero-order valence-electron chi connectivity index (χ0n) is 12.4. The van der Waals surface area contributed by atoms with E-state index in [2.05, 4.69) is 4.72 Å². The van der Waals surface area contributed by atoms with Crippen molar-refractivity contribution in [2.45, 2.75) is 17.9 Å². The number of benzene rings is 2. The van der Waals surface area contributed by atoms with Gasteiger partial charge in [-0.15, -0.1) is 0 Å². The maximum atomic E-state index is 12.3. The molecule has 1 atom stereocenters. The first kappa shape index (κ1) is 17.0. The average molecular weight is 340 g/mol. The van der Waals surface area contributed by atoms with E-state index in [0.29, 0.717) is 5.02 Å². The van der Waals surface area contributed by atoms with Gasteiger partial charge in [-0.2, -0.15) is 0 Å². The maximum absolute atomic E-state index is 12.3. The van der Waals surface area contributed by atoms with E-state index in [0.717, 1.165) is 11.1 Å². The van der Waals surface area contributed by atoms with Crippen LogP contribution in [0.3, 0.4) is 0 Å². The quantitative estimate of drug-likeness (QED) is 0.878. The molecule has 0 amide bonds. The SMILES string of the molecule is COC(CNS(=O)(=O)c1cccc(C)c1)c1ccccc1Cl. The van der Waals surface area contributed by atoms with Gasteiger partial charge < -0.3 is 4.74 Å². The van der Waals surface area contributed by atoms with Crippen molar-refractivity contribution in [1.29, 1.82) is 0 Å². The Kier molecular flexibility index (Phi) is 5.58. The highest BCUT2D eigenvalue weighted by Crippen LogP contribution is 2.24.